The molecule has 7 heteroatoms. The van der Waals surface area contributed by atoms with Gasteiger partial charge in [0.15, 0.2) is 0 Å². The Labute approximate surface area is 144 Å². The minimum absolute atomic E-state index is 0.126. The lowest BCUT2D eigenvalue weighted by Crippen LogP contribution is -2.29. The highest BCUT2D eigenvalue weighted by molar-refractivity contribution is 7.09. The molecule has 1 N–H and O–H groups in total. The second-order valence-corrected chi connectivity index (χ2v) is 6.35. The van der Waals surface area contributed by atoms with E-state index in [4.69, 9.17) is 4.74 Å². The van der Waals surface area contributed by atoms with E-state index in [0.717, 1.165) is 11.3 Å². The molecule has 0 spiro atoms. The number of aliphatic carboxylic acids is 1. The summed E-state index contributed by atoms with van der Waals surface area (Å²) in [4.78, 5) is 26.4. The van der Waals surface area contributed by atoms with Crippen LogP contribution in [-0.4, -0.2) is 30.0 Å². The molecule has 0 atom stereocenters. The van der Waals surface area contributed by atoms with E-state index in [9.17, 15) is 14.7 Å². The van der Waals surface area contributed by atoms with E-state index >= 15 is 0 Å². The molecule has 0 aliphatic carbocycles. The van der Waals surface area contributed by atoms with E-state index < -0.39 is 5.97 Å². The summed E-state index contributed by atoms with van der Waals surface area (Å²) in [6, 6.07) is 5.86. The van der Waals surface area contributed by atoms with Crippen molar-refractivity contribution in [2.45, 2.75) is 26.7 Å². The summed E-state index contributed by atoms with van der Waals surface area (Å²) < 4.78 is 5.59. The third-order valence-corrected chi connectivity index (χ3v) is 4.31. The van der Waals surface area contributed by atoms with Crippen molar-refractivity contribution in [1.82, 2.24) is 10.3 Å². The average molecular weight is 347 g/mol. The predicted molar refractivity (Wildman–Crippen MR) is 88.9 cm³/mol. The molecule has 0 radical (unpaired) electrons. The van der Waals surface area contributed by atoms with Gasteiger partial charge in [-0.1, -0.05) is 6.07 Å². The zero-order chi connectivity index (χ0) is 17.5. The number of carbonyl (C=O) groups excluding carboxylic acids is 2. The quantitative estimate of drug-likeness (QED) is 0.713. The van der Waals surface area contributed by atoms with Crippen LogP contribution in [0.2, 0.25) is 0 Å². The van der Waals surface area contributed by atoms with Crippen molar-refractivity contribution in [1.29, 1.82) is 0 Å². The summed E-state index contributed by atoms with van der Waals surface area (Å²) >= 11 is 1.26. The highest BCUT2D eigenvalue weighted by Gasteiger charge is 2.08. The van der Waals surface area contributed by atoms with Gasteiger partial charge in [0.05, 0.1) is 18.7 Å². The number of aryl methyl sites for hydroxylation is 2. The van der Waals surface area contributed by atoms with E-state index in [2.05, 4.69) is 10.3 Å². The first-order valence-electron chi connectivity index (χ1n) is 7.54. The van der Waals surface area contributed by atoms with Crippen LogP contribution in [0.3, 0.4) is 0 Å². The smallest absolute Gasteiger partial charge is 0.226 e. The maximum atomic E-state index is 11.8. The maximum absolute atomic E-state index is 11.8. The van der Waals surface area contributed by atoms with Gasteiger partial charge < -0.3 is 20.0 Å². The van der Waals surface area contributed by atoms with Crippen LogP contribution >= 0.6 is 11.3 Å². The SMILES string of the molecule is Cc1ccc(OCCNC(=O)Cc2nc(CC(=O)[O-])cs2)cc1C. The second kappa shape index (κ2) is 8.44. The van der Waals surface area contributed by atoms with E-state index in [0.29, 0.717) is 23.9 Å². The van der Waals surface area contributed by atoms with Crippen molar-refractivity contribution in [3.05, 3.63) is 45.4 Å². The number of nitrogens with one attached hydrogen (secondary N) is 1. The Balaban J connectivity index is 1.70. The van der Waals surface area contributed by atoms with Crippen LogP contribution in [0, 0.1) is 13.8 Å². The highest BCUT2D eigenvalue weighted by Crippen LogP contribution is 2.16. The van der Waals surface area contributed by atoms with Crippen LogP contribution in [0.15, 0.2) is 23.6 Å². The first kappa shape index (κ1) is 17.9. The summed E-state index contributed by atoms with van der Waals surface area (Å²) in [7, 11) is 0. The molecule has 0 saturated carbocycles. The Morgan fingerprint density at radius 3 is 2.75 bits per heavy atom. The fourth-order valence-corrected chi connectivity index (χ4v) is 2.81. The van der Waals surface area contributed by atoms with Crippen molar-refractivity contribution in [2.24, 2.45) is 0 Å². The number of benzene rings is 1. The molecule has 0 fully saturated rings. The number of rotatable bonds is 8. The van der Waals surface area contributed by atoms with Crippen molar-refractivity contribution in [2.75, 3.05) is 13.2 Å². The number of aromatic nitrogens is 1. The third kappa shape index (κ3) is 5.66. The molecule has 1 amide bonds. The normalized spacial score (nSPS) is 10.4. The molecule has 128 valence electrons. The fraction of sp³-hybridized carbons (Fsp3) is 0.353. The van der Waals surface area contributed by atoms with Gasteiger partial charge in [-0.2, -0.15) is 0 Å². The number of thiazole rings is 1. The molecule has 0 bridgehead atoms. The highest BCUT2D eigenvalue weighted by atomic mass is 32.1. The summed E-state index contributed by atoms with van der Waals surface area (Å²) in [5.74, 6) is -0.577. The molecule has 24 heavy (non-hydrogen) atoms. The van der Waals surface area contributed by atoms with Crippen molar-refractivity contribution < 1.29 is 19.4 Å². The summed E-state index contributed by atoms with van der Waals surface area (Å²) in [5, 5.41) is 15.5. The van der Waals surface area contributed by atoms with Gasteiger partial charge in [0.2, 0.25) is 5.91 Å². The molecule has 0 saturated heterocycles. The number of ether oxygens (including phenoxy) is 1. The van der Waals surface area contributed by atoms with Crippen molar-refractivity contribution in [3.63, 3.8) is 0 Å². The van der Waals surface area contributed by atoms with Crippen LogP contribution in [0.5, 0.6) is 5.75 Å². The molecule has 2 aromatic rings. The Kier molecular flexibility index (Phi) is 6.31. The lowest BCUT2D eigenvalue weighted by atomic mass is 10.1. The molecule has 1 heterocycles. The van der Waals surface area contributed by atoms with Gasteiger partial charge in [-0.15, -0.1) is 11.3 Å². The van der Waals surface area contributed by atoms with Gasteiger partial charge in [0, 0.05) is 17.8 Å². The predicted octanol–water partition coefficient (Wildman–Crippen LogP) is 0.790. The Morgan fingerprint density at radius 2 is 2.04 bits per heavy atom. The Morgan fingerprint density at radius 1 is 1.25 bits per heavy atom. The minimum Gasteiger partial charge on any atom is -0.550 e. The van der Waals surface area contributed by atoms with Gasteiger partial charge in [0.25, 0.3) is 0 Å². The molecule has 0 aliphatic rings. The Hall–Kier alpha value is -2.41. The number of hydrogen-bond donors (Lipinski definition) is 1. The molecule has 0 unspecified atom stereocenters. The van der Waals surface area contributed by atoms with E-state index in [1.807, 2.05) is 32.0 Å². The number of hydrogen-bond acceptors (Lipinski definition) is 6. The summed E-state index contributed by atoms with van der Waals surface area (Å²) in [5.41, 5.74) is 2.78. The van der Waals surface area contributed by atoms with Crippen molar-refractivity contribution >= 4 is 23.2 Å². The second-order valence-electron chi connectivity index (χ2n) is 5.40. The van der Waals surface area contributed by atoms with Gasteiger partial charge in [0.1, 0.15) is 17.4 Å². The van der Waals surface area contributed by atoms with Gasteiger partial charge in [-0.05, 0) is 37.1 Å². The topological polar surface area (TPSA) is 91.3 Å². The van der Waals surface area contributed by atoms with Crippen molar-refractivity contribution in [3.8, 4) is 5.75 Å². The van der Waals surface area contributed by atoms with E-state index in [1.54, 1.807) is 5.38 Å². The van der Waals surface area contributed by atoms with Gasteiger partial charge in [-0.3, -0.25) is 4.79 Å². The lowest BCUT2D eigenvalue weighted by Gasteiger charge is -2.09. The minimum atomic E-state index is -1.18. The van der Waals surface area contributed by atoms with Crippen LogP contribution in [0.1, 0.15) is 21.8 Å². The number of amides is 1. The van der Waals surface area contributed by atoms with Crippen LogP contribution in [0.4, 0.5) is 0 Å². The number of carboxylic acid groups (broad SMARTS) is 1. The zero-order valence-corrected chi connectivity index (χ0v) is 14.4. The number of carbonyl (C=O) groups is 2. The maximum Gasteiger partial charge on any atom is 0.226 e. The molecule has 2 rings (SSSR count). The van der Waals surface area contributed by atoms with Crippen LogP contribution in [0.25, 0.3) is 0 Å². The molecule has 1 aromatic carbocycles. The third-order valence-electron chi connectivity index (χ3n) is 3.41. The van der Waals surface area contributed by atoms with Gasteiger partial charge in [-0.25, -0.2) is 4.98 Å². The summed E-state index contributed by atoms with van der Waals surface area (Å²) in [6.45, 7) is 4.83. The zero-order valence-electron chi connectivity index (χ0n) is 13.6. The monoisotopic (exact) mass is 347 g/mol. The molecule has 0 aliphatic heterocycles. The van der Waals surface area contributed by atoms with Crippen LogP contribution < -0.4 is 15.2 Å². The van der Waals surface area contributed by atoms with E-state index in [-0.39, 0.29) is 18.7 Å². The molecular formula is C17H19N2O4S-. The molecule has 1 aromatic heterocycles. The largest absolute Gasteiger partial charge is 0.550 e. The van der Waals surface area contributed by atoms with Gasteiger partial charge >= 0.3 is 0 Å². The number of carboxylic acids is 1. The molecular weight excluding hydrogens is 328 g/mol. The summed E-state index contributed by atoms with van der Waals surface area (Å²) in [6.07, 6.45) is -0.108. The van der Waals surface area contributed by atoms with E-state index in [1.165, 1.54) is 16.9 Å². The standard InChI is InChI=1S/C17H20N2O4S/c1-11-3-4-14(7-12(11)2)23-6-5-18-15(20)9-16-19-13(10-24-16)8-17(21)22/h3-4,7,10H,5-6,8-9H2,1-2H3,(H,18,20)(H,21,22)/p-1. The lowest BCUT2D eigenvalue weighted by molar-refractivity contribution is -0.304. The first-order valence-corrected chi connectivity index (χ1v) is 8.42. The average Bonchev–Trinajstić information content (AvgIpc) is 2.93. The molecule has 6 nitrogen and oxygen atoms in total. The first-order chi connectivity index (χ1) is 11.4. The number of nitrogens with zero attached hydrogens (tertiary/aromatic N) is 1. The Bertz CT molecular complexity index is 727. The van der Waals surface area contributed by atoms with Crippen LogP contribution in [-0.2, 0) is 22.4 Å². The fourth-order valence-electron chi connectivity index (χ4n) is 2.02.